The molecule has 11 heteroatoms. The molecule has 0 radical (unpaired) electrons. The lowest BCUT2D eigenvalue weighted by Crippen LogP contribution is -2.28. The van der Waals surface area contributed by atoms with E-state index in [1.807, 2.05) is 17.0 Å². The number of ether oxygens (including phenoxy) is 1. The van der Waals surface area contributed by atoms with Crippen LogP contribution in [-0.4, -0.2) is 35.6 Å². The second-order valence-electron chi connectivity index (χ2n) is 9.22. The fourth-order valence-electron chi connectivity index (χ4n) is 4.34. The van der Waals surface area contributed by atoms with Crippen LogP contribution in [0, 0.1) is 34.0 Å². The van der Waals surface area contributed by atoms with Crippen molar-refractivity contribution in [1.29, 1.82) is 15.8 Å². The molecular formula is C31H26N8O3. The maximum absolute atomic E-state index is 12.5. The number of nitrogens with one attached hydrogen (secondary N) is 1. The van der Waals surface area contributed by atoms with Gasteiger partial charge >= 0.3 is 5.97 Å². The number of para-hydroxylation sites is 1. The fraction of sp³-hybridized carbons (Fsp3) is 0.226. The molecule has 0 aliphatic carbocycles. The van der Waals surface area contributed by atoms with Crippen LogP contribution in [0.1, 0.15) is 36.6 Å². The Morgan fingerprint density at radius 3 is 2.19 bits per heavy atom. The van der Waals surface area contributed by atoms with Gasteiger partial charge in [-0.2, -0.15) is 26.0 Å². The number of hydrogen-bond acceptors (Lipinski definition) is 10. The van der Waals surface area contributed by atoms with Crippen LogP contribution in [0.15, 0.2) is 87.8 Å². The molecule has 2 unspecified atom stereocenters. The van der Waals surface area contributed by atoms with Gasteiger partial charge in [0.15, 0.2) is 0 Å². The molecule has 1 heterocycles. The van der Waals surface area contributed by atoms with Crippen LogP contribution in [-0.2, 0) is 9.53 Å². The first-order chi connectivity index (χ1) is 20.4. The van der Waals surface area contributed by atoms with Crippen LogP contribution >= 0.6 is 0 Å². The van der Waals surface area contributed by atoms with Crippen molar-refractivity contribution in [2.75, 3.05) is 24.6 Å². The molecule has 1 aromatic heterocycles. The van der Waals surface area contributed by atoms with Gasteiger partial charge in [0.05, 0.1) is 59.4 Å². The summed E-state index contributed by atoms with van der Waals surface area (Å²) in [5.41, 5.74) is 2.67. The largest absolute Gasteiger partial charge is 0.464 e. The maximum Gasteiger partial charge on any atom is 0.302 e. The van der Waals surface area contributed by atoms with E-state index in [2.05, 4.69) is 38.4 Å². The van der Waals surface area contributed by atoms with Crippen molar-refractivity contribution in [1.82, 2.24) is 9.97 Å². The summed E-state index contributed by atoms with van der Waals surface area (Å²) in [4.78, 5) is 32.6. The quantitative estimate of drug-likeness (QED) is 0.185. The highest BCUT2D eigenvalue weighted by Gasteiger charge is 2.27. The summed E-state index contributed by atoms with van der Waals surface area (Å²) in [6.45, 7) is 2.52. The minimum absolute atomic E-state index is 0.137. The standard InChI is InChI=1S/C31H26N8O3/c1-21(40)42-18-17-39(16-4-15-32)25-13-11-24(12-14-25)38-37-23-9-7-22(8-10-23)27(19-33)28(20-34)30-35-29-6-3-2-5-26(29)31(41)36-30/h2-3,5-14,27-28H,4,16-18H2,1H3,(H,35,36,41). The molecule has 0 fully saturated rings. The van der Waals surface area contributed by atoms with E-state index in [-0.39, 0.29) is 24.0 Å². The third-order valence-electron chi connectivity index (χ3n) is 6.45. The van der Waals surface area contributed by atoms with Gasteiger partial charge in [-0.15, -0.1) is 0 Å². The Kier molecular flexibility index (Phi) is 9.69. The van der Waals surface area contributed by atoms with E-state index < -0.39 is 11.8 Å². The van der Waals surface area contributed by atoms with Crippen molar-refractivity contribution in [3.05, 3.63) is 94.5 Å². The number of aromatic amines is 1. The lowest BCUT2D eigenvalue weighted by atomic mass is 9.87. The zero-order chi connectivity index (χ0) is 29.9. The van der Waals surface area contributed by atoms with Gasteiger partial charge in [0, 0.05) is 19.2 Å². The summed E-state index contributed by atoms with van der Waals surface area (Å²) in [5, 5.41) is 37.7. The number of nitriles is 3. The average Bonchev–Trinajstić information content (AvgIpc) is 3.01. The molecular weight excluding hydrogens is 532 g/mol. The number of esters is 1. The number of fused-ring (bicyclic) bond motifs is 1. The van der Waals surface area contributed by atoms with E-state index in [0.29, 0.717) is 47.4 Å². The third-order valence-corrected chi connectivity index (χ3v) is 6.45. The van der Waals surface area contributed by atoms with Gasteiger partial charge < -0.3 is 14.6 Å². The molecule has 42 heavy (non-hydrogen) atoms. The summed E-state index contributed by atoms with van der Waals surface area (Å²) < 4.78 is 5.03. The first-order valence-electron chi connectivity index (χ1n) is 13.1. The molecule has 3 aromatic carbocycles. The molecule has 0 saturated carbocycles. The molecule has 4 rings (SSSR count). The molecule has 0 saturated heterocycles. The number of anilines is 1. The second-order valence-corrected chi connectivity index (χ2v) is 9.22. The third kappa shape index (κ3) is 7.20. The van der Waals surface area contributed by atoms with Gasteiger partial charge in [-0.3, -0.25) is 9.59 Å². The summed E-state index contributed by atoms with van der Waals surface area (Å²) in [6.07, 6.45) is 0.329. The number of benzene rings is 3. The van der Waals surface area contributed by atoms with Crippen molar-refractivity contribution >= 4 is 33.9 Å². The Morgan fingerprint density at radius 2 is 1.57 bits per heavy atom. The van der Waals surface area contributed by atoms with E-state index in [1.165, 1.54) is 6.92 Å². The number of H-pyrrole nitrogens is 1. The predicted molar refractivity (Wildman–Crippen MR) is 155 cm³/mol. The summed E-state index contributed by atoms with van der Waals surface area (Å²) in [6, 6.07) is 27.3. The van der Waals surface area contributed by atoms with E-state index in [1.54, 1.807) is 60.7 Å². The summed E-state index contributed by atoms with van der Waals surface area (Å²) in [5.74, 6) is -2.08. The van der Waals surface area contributed by atoms with E-state index in [4.69, 9.17) is 10.00 Å². The van der Waals surface area contributed by atoms with Crippen molar-refractivity contribution in [3.63, 3.8) is 0 Å². The highest BCUT2D eigenvalue weighted by molar-refractivity contribution is 5.77. The molecule has 0 aliphatic heterocycles. The van der Waals surface area contributed by atoms with E-state index in [0.717, 1.165) is 5.69 Å². The van der Waals surface area contributed by atoms with Gasteiger partial charge in [-0.05, 0) is 54.1 Å². The smallest absolute Gasteiger partial charge is 0.302 e. The Balaban J connectivity index is 1.47. The molecule has 11 nitrogen and oxygen atoms in total. The number of rotatable bonds is 11. The zero-order valence-electron chi connectivity index (χ0n) is 22.8. The van der Waals surface area contributed by atoms with Crippen LogP contribution < -0.4 is 10.5 Å². The van der Waals surface area contributed by atoms with E-state index >= 15 is 0 Å². The van der Waals surface area contributed by atoms with Gasteiger partial charge in [-0.1, -0.05) is 24.3 Å². The number of nitrogens with zero attached hydrogens (tertiary/aromatic N) is 7. The molecule has 1 N–H and O–H groups in total. The molecule has 0 spiro atoms. The highest BCUT2D eigenvalue weighted by atomic mass is 16.5. The van der Waals surface area contributed by atoms with E-state index in [9.17, 15) is 20.1 Å². The molecule has 2 atom stereocenters. The second kappa shape index (κ2) is 14.0. The number of carbonyl (C=O) groups excluding carboxylic acids is 1. The first kappa shape index (κ1) is 29.1. The first-order valence-corrected chi connectivity index (χ1v) is 13.1. The Labute approximate surface area is 242 Å². The Hall–Kier alpha value is -5.86. The monoisotopic (exact) mass is 558 g/mol. The van der Waals surface area contributed by atoms with Crippen molar-refractivity contribution in [2.24, 2.45) is 10.2 Å². The fourth-order valence-corrected chi connectivity index (χ4v) is 4.34. The zero-order valence-corrected chi connectivity index (χ0v) is 22.8. The lowest BCUT2D eigenvalue weighted by Gasteiger charge is -2.23. The molecule has 0 aliphatic rings. The van der Waals surface area contributed by atoms with Crippen LogP contribution in [0.3, 0.4) is 0 Å². The number of aromatic nitrogens is 2. The minimum atomic E-state index is -0.986. The lowest BCUT2D eigenvalue weighted by molar-refractivity contribution is -0.140. The Bertz CT molecular complexity index is 1760. The average molecular weight is 559 g/mol. The number of azo groups is 1. The van der Waals surface area contributed by atoms with Gasteiger partial charge in [0.2, 0.25) is 0 Å². The summed E-state index contributed by atoms with van der Waals surface area (Å²) >= 11 is 0. The maximum atomic E-state index is 12.5. The molecule has 4 aromatic rings. The number of carbonyl (C=O) groups is 1. The molecule has 208 valence electrons. The van der Waals surface area contributed by atoms with Crippen LogP contribution in [0.2, 0.25) is 0 Å². The van der Waals surface area contributed by atoms with Crippen LogP contribution in [0.4, 0.5) is 17.1 Å². The van der Waals surface area contributed by atoms with Gasteiger partial charge in [0.1, 0.15) is 18.3 Å². The number of hydrogen-bond donors (Lipinski definition) is 1. The Morgan fingerprint density at radius 1 is 0.929 bits per heavy atom. The van der Waals surface area contributed by atoms with Crippen molar-refractivity contribution < 1.29 is 9.53 Å². The predicted octanol–water partition coefficient (Wildman–Crippen LogP) is 5.54. The normalized spacial score (nSPS) is 12.1. The summed E-state index contributed by atoms with van der Waals surface area (Å²) in [7, 11) is 0. The van der Waals surface area contributed by atoms with Gasteiger partial charge in [0.25, 0.3) is 5.56 Å². The topological polar surface area (TPSA) is 171 Å². The van der Waals surface area contributed by atoms with Crippen molar-refractivity contribution in [3.8, 4) is 18.2 Å². The highest BCUT2D eigenvalue weighted by Crippen LogP contribution is 2.32. The molecule has 0 bridgehead atoms. The molecule has 0 amide bonds. The SMILES string of the molecule is CC(=O)OCCN(CCC#N)c1ccc(N=Nc2ccc(C(C#N)C(C#N)c3nc4ccccc4c(=O)[nH]3)cc2)cc1. The van der Waals surface area contributed by atoms with Crippen LogP contribution in [0.25, 0.3) is 10.9 Å². The minimum Gasteiger partial charge on any atom is -0.464 e. The van der Waals surface area contributed by atoms with Gasteiger partial charge in [-0.25, -0.2) is 4.98 Å². The van der Waals surface area contributed by atoms with Crippen LogP contribution in [0.5, 0.6) is 0 Å². The van der Waals surface area contributed by atoms with Crippen molar-refractivity contribution in [2.45, 2.75) is 25.2 Å².